The summed E-state index contributed by atoms with van der Waals surface area (Å²) in [6, 6.07) is 3.63. The van der Waals surface area contributed by atoms with Gasteiger partial charge in [0, 0.05) is 31.0 Å². The lowest BCUT2D eigenvalue weighted by molar-refractivity contribution is 0.856. The lowest BCUT2D eigenvalue weighted by Crippen LogP contribution is -1.92. The molecule has 2 rings (SSSR count). The van der Waals surface area contributed by atoms with E-state index in [-0.39, 0.29) is 11.9 Å². The maximum Gasteiger partial charge on any atom is 0.287 e. The Morgan fingerprint density at radius 3 is 2.30 bits per heavy atom. The minimum Gasteiger partial charge on any atom is -0.272 e. The molecule has 0 N–H and O–H groups in total. The van der Waals surface area contributed by atoms with Crippen molar-refractivity contribution in [2.45, 2.75) is 6.92 Å². The topological polar surface area (TPSA) is 102 Å². The van der Waals surface area contributed by atoms with E-state index in [1.807, 2.05) is 25.1 Å². The molecule has 0 fully saturated rings. The third-order valence-electron chi connectivity index (χ3n) is 2.53. The highest BCUT2D eigenvalue weighted by molar-refractivity contribution is 5.83. The highest BCUT2D eigenvalue weighted by Gasteiger charge is 1.97. The van der Waals surface area contributed by atoms with Crippen molar-refractivity contribution in [3.05, 3.63) is 54.0 Å². The Bertz CT molecular complexity index is 745. The van der Waals surface area contributed by atoms with Gasteiger partial charge in [-0.25, -0.2) is 9.98 Å². The number of hydrogen-bond donors (Lipinski definition) is 0. The highest BCUT2D eigenvalue weighted by Crippen LogP contribution is 2.05. The summed E-state index contributed by atoms with van der Waals surface area (Å²) in [5.41, 5.74) is 1.71. The van der Waals surface area contributed by atoms with Crippen LogP contribution < -0.4 is 0 Å². The van der Waals surface area contributed by atoms with Crippen LogP contribution in [0.1, 0.15) is 12.5 Å². The number of nitrogens with zero attached hydrogens (tertiary/aromatic N) is 8. The van der Waals surface area contributed by atoms with Crippen LogP contribution in [0.15, 0.2) is 63.4 Å². The van der Waals surface area contributed by atoms with Gasteiger partial charge in [-0.2, -0.15) is 0 Å². The molecule has 2 heterocycles. The van der Waals surface area contributed by atoms with E-state index in [9.17, 15) is 0 Å². The third kappa shape index (κ3) is 5.46. The molecule has 8 heteroatoms. The predicted octanol–water partition coefficient (Wildman–Crippen LogP) is 2.28. The van der Waals surface area contributed by atoms with Gasteiger partial charge >= 0.3 is 0 Å². The fraction of sp³-hybridized carbons (Fsp3) is 0.0667. The van der Waals surface area contributed by atoms with Gasteiger partial charge in [-0.1, -0.05) is 6.08 Å². The molecule has 0 saturated heterocycles. The van der Waals surface area contributed by atoms with Crippen molar-refractivity contribution >= 4 is 31.0 Å². The predicted molar refractivity (Wildman–Crippen MR) is 89.7 cm³/mol. The number of aromatic nitrogens is 5. The van der Waals surface area contributed by atoms with Crippen molar-refractivity contribution in [2.24, 2.45) is 15.0 Å². The Labute approximate surface area is 133 Å². The molecule has 0 aliphatic rings. The largest absolute Gasteiger partial charge is 0.287 e. The van der Waals surface area contributed by atoms with Crippen molar-refractivity contribution < 1.29 is 0 Å². The molecule has 0 saturated carbocycles. The molecule has 2 aromatic rings. The highest BCUT2D eigenvalue weighted by atomic mass is 15.4. The number of rotatable bonds is 6. The van der Waals surface area contributed by atoms with Gasteiger partial charge in [0.15, 0.2) is 0 Å². The van der Waals surface area contributed by atoms with Crippen molar-refractivity contribution in [1.29, 1.82) is 0 Å². The number of hydrogen-bond acceptors (Lipinski definition) is 8. The van der Waals surface area contributed by atoms with E-state index >= 15 is 0 Å². The smallest absolute Gasteiger partial charge is 0.272 e. The van der Waals surface area contributed by atoms with Crippen LogP contribution >= 0.6 is 0 Å². The Kier molecular flexibility index (Phi) is 6.09. The number of aliphatic imine (C=N–C) groups is 3. The summed E-state index contributed by atoms with van der Waals surface area (Å²) < 4.78 is 0. The second kappa shape index (κ2) is 8.78. The molecule has 2 aromatic heterocycles. The molecule has 0 atom stereocenters. The van der Waals surface area contributed by atoms with Crippen LogP contribution in [-0.2, 0) is 0 Å². The summed E-state index contributed by atoms with van der Waals surface area (Å²) in [4.78, 5) is 15.7. The van der Waals surface area contributed by atoms with Gasteiger partial charge in [-0.05, 0) is 43.0 Å². The van der Waals surface area contributed by atoms with Crippen LogP contribution in [0.2, 0.25) is 0 Å². The number of pyridine rings is 1. The average molecular weight is 306 g/mol. The normalized spacial score (nSPS) is 12.5. The van der Waals surface area contributed by atoms with Gasteiger partial charge in [0.05, 0.1) is 0 Å². The van der Waals surface area contributed by atoms with Crippen LogP contribution in [0.3, 0.4) is 0 Å². The summed E-state index contributed by atoms with van der Waals surface area (Å²) in [6.07, 6.45) is 11.7. The van der Waals surface area contributed by atoms with Crippen LogP contribution in [0.5, 0.6) is 0 Å². The Balaban J connectivity index is 2.03. The first kappa shape index (κ1) is 16.0. The zero-order valence-corrected chi connectivity index (χ0v) is 12.5. The van der Waals surface area contributed by atoms with Crippen molar-refractivity contribution in [3.63, 3.8) is 0 Å². The summed E-state index contributed by atoms with van der Waals surface area (Å²) in [5.74, 6) is 0.301. The van der Waals surface area contributed by atoms with Crippen LogP contribution in [-0.4, -0.2) is 44.5 Å². The minimum absolute atomic E-state index is 0.146. The van der Waals surface area contributed by atoms with Crippen LogP contribution in [0.25, 0.3) is 0 Å². The molecule has 0 aromatic carbocycles. The van der Waals surface area contributed by atoms with Crippen LogP contribution in [0.4, 0.5) is 11.9 Å². The van der Waals surface area contributed by atoms with Gasteiger partial charge in [-0.3, -0.25) is 9.98 Å². The molecule has 0 unspecified atom stereocenters. The average Bonchev–Trinajstić information content (AvgIpc) is 2.62. The van der Waals surface area contributed by atoms with Crippen molar-refractivity contribution in [1.82, 2.24) is 25.4 Å². The Morgan fingerprint density at radius 1 is 1.04 bits per heavy atom. The molecule has 0 amide bonds. The second-order valence-electron chi connectivity index (χ2n) is 4.08. The lowest BCUT2D eigenvalue weighted by Gasteiger charge is -1.93. The van der Waals surface area contributed by atoms with E-state index in [1.54, 1.807) is 37.1 Å². The van der Waals surface area contributed by atoms with E-state index in [2.05, 4.69) is 47.1 Å². The quantitative estimate of drug-likeness (QED) is 0.601. The molecular formula is C15H14N8. The fourth-order valence-electron chi connectivity index (χ4n) is 1.39. The zero-order valence-electron chi connectivity index (χ0n) is 12.5. The lowest BCUT2D eigenvalue weighted by atomic mass is 10.3. The first-order valence-electron chi connectivity index (χ1n) is 6.66. The standard InChI is InChI=1S/C15H14N8/c1-3-12(4-7-16-2)10-18-14-20-22-15(23-21-14)19-11-13-5-8-17-9-6-13/h3-11H,2H2,1H3/b7-4-,12-3+,18-10?,19-11?. The van der Waals surface area contributed by atoms with Crippen LogP contribution in [0, 0.1) is 0 Å². The van der Waals surface area contributed by atoms with Gasteiger partial charge in [-0.15, -0.1) is 20.4 Å². The molecule has 23 heavy (non-hydrogen) atoms. The van der Waals surface area contributed by atoms with Crippen molar-refractivity contribution in [3.8, 4) is 0 Å². The maximum atomic E-state index is 4.08. The molecule has 0 aliphatic heterocycles. The van der Waals surface area contributed by atoms with Gasteiger partial charge in [0.2, 0.25) is 0 Å². The van der Waals surface area contributed by atoms with E-state index in [1.165, 1.54) is 0 Å². The summed E-state index contributed by atoms with van der Waals surface area (Å²) in [7, 11) is 0. The Hall–Kier alpha value is -3.42. The molecule has 8 nitrogen and oxygen atoms in total. The summed E-state index contributed by atoms with van der Waals surface area (Å²) in [5, 5.41) is 15.4. The molecular weight excluding hydrogens is 292 g/mol. The molecule has 0 spiro atoms. The van der Waals surface area contributed by atoms with E-state index < -0.39 is 0 Å². The van der Waals surface area contributed by atoms with E-state index in [0.29, 0.717) is 0 Å². The third-order valence-corrected chi connectivity index (χ3v) is 2.53. The first-order valence-corrected chi connectivity index (χ1v) is 6.66. The summed E-state index contributed by atoms with van der Waals surface area (Å²) >= 11 is 0. The van der Waals surface area contributed by atoms with E-state index in [4.69, 9.17) is 0 Å². The molecule has 0 aliphatic carbocycles. The van der Waals surface area contributed by atoms with E-state index in [0.717, 1.165) is 11.1 Å². The molecule has 114 valence electrons. The SMILES string of the molecule is C=N/C=C\C(C=Nc1nnc(N=Cc2ccncc2)nn1)=C/C. The fourth-order valence-corrected chi connectivity index (χ4v) is 1.39. The van der Waals surface area contributed by atoms with Crippen molar-refractivity contribution in [2.75, 3.05) is 0 Å². The molecule has 0 radical (unpaired) electrons. The van der Waals surface area contributed by atoms with Gasteiger partial charge in [0.1, 0.15) is 0 Å². The zero-order chi connectivity index (χ0) is 16.3. The summed E-state index contributed by atoms with van der Waals surface area (Å²) in [6.45, 7) is 5.24. The van der Waals surface area contributed by atoms with Gasteiger partial charge < -0.3 is 0 Å². The first-order chi connectivity index (χ1) is 11.3. The van der Waals surface area contributed by atoms with Gasteiger partial charge in [0.25, 0.3) is 11.9 Å². The molecule has 0 bridgehead atoms. The minimum atomic E-state index is 0.146. The Morgan fingerprint density at radius 2 is 1.70 bits per heavy atom. The number of allylic oxidation sites excluding steroid dienone is 3. The second-order valence-corrected chi connectivity index (χ2v) is 4.08. The monoisotopic (exact) mass is 306 g/mol. The maximum absolute atomic E-state index is 4.08.